The smallest absolute Gasteiger partial charge is 0.244 e. The molecule has 110 valence electrons. The minimum Gasteiger partial charge on any atom is -0.378 e. The van der Waals surface area contributed by atoms with Crippen LogP contribution in [0.2, 0.25) is 0 Å². The number of benzene rings is 1. The number of hydrogen-bond donors (Lipinski definition) is 0. The molecule has 1 amide bonds. The Hall–Kier alpha value is -1.66. The summed E-state index contributed by atoms with van der Waals surface area (Å²) in [4.78, 5) is 14.0. The van der Waals surface area contributed by atoms with Crippen LogP contribution in [0.25, 0.3) is 11.1 Å². The van der Waals surface area contributed by atoms with E-state index in [1.54, 1.807) is 10.9 Å². The van der Waals surface area contributed by atoms with Crippen molar-refractivity contribution in [2.45, 2.75) is 6.54 Å². The lowest BCUT2D eigenvalue weighted by molar-refractivity contribution is -0.136. The maximum absolute atomic E-state index is 12.2. The molecule has 0 unspecified atom stereocenters. The summed E-state index contributed by atoms with van der Waals surface area (Å²) in [5, 5.41) is 4.28. The van der Waals surface area contributed by atoms with Gasteiger partial charge in [-0.1, -0.05) is 28.1 Å². The van der Waals surface area contributed by atoms with E-state index in [0.29, 0.717) is 26.3 Å². The fourth-order valence-electron chi connectivity index (χ4n) is 2.32. The zero-order chi connectivity index (χ0) is 14.7. The van der Waals surface area contributed by atoms with Gasteiger partial charge < -0.3 is 9.64 Å². The molecule has 0 atom stereocenters. The first kappa shape index (κ1) is 14.3. The van der Waals surface area contributed by atoms with Crippen molar-refractivity contribution >= 4 is 21.8 Å². The van der Waals surface area contributed by atoms with Crippen molar-refractivity contribution in [3.8, 4) is 11.1 Å². The lowest BCUT2D eigenvalue weighted by Crippen LogP contribution is -2.42. The second-order valence-corrected chi connectivity index (χ2v) is 5.85. The van der Waals surface area contributed by atoms with E-state index in [1.165, 1.54) is 0 Å². The van der Waals surface area contributed by atoms with E-state index in [9.17, 15) is 4.79 Å². The van der Waals surface area contributed by atoms with Gasteiger partial charge in [-0.05, 0) is 17.7 Å². The normalized spacial score (nSPS) is 15.2. The predicted molar refractivity (Wildman–Crippen MR) is 82.8 cm³/mol. The summed E-state index contributed by atoms with van der Waals surface area (Å²) in [5.41, 5.74) is 2.08. The molecule has 0 bridgehead atoms. The molecular weight excluding hydrogens is 334 g/mol. The lowest BCUT2D eigenvalue weighted by Gasteiger charge is -2.26. The van der Waals surface area contributed by atoms with Gasteiger partial charge in [0, 0.05) is 29.3 Å². The van der Waals surface area contributed by atoms with Gasteiger partial charge in [0.25, 0.3) is 0 Å². The monoisotopic (exact) mass is 349 g/mol. The molecule has 1 fully saturated rings. The number of hydrogen-bond acceptors (Lipinski definition) is 3. The van der Waals surface area contributed by atoms with Crippen molar-refractivity contribution in [3.63, 3.8) is 0 Å². The van der Waals surface area contributed by atoms with E-state index >= 15 is 0 Å². The Balaban J connectivity index is 1.69. The number of aromatic nitrogens is 2. The van der Waals surface area contributed by atoms with Gasteiger partial charge in [-0.2, -0.15) is 5.10 Å². The molecule has 0 saturated carbocycles. The molecule has 1 aliphatic heterocycles. The van der Waals surface area contributed by atoms with Gasteiger partial charge in [0.1, 0.15) is 6.54 Å². The largest absolute Gasteiger partial charge is 0.378 e. The molecule has 21 heavy (non-hydrogen) atoms. The van der Waals surface area contributed by atoms with Gasteiger partial charge >= 0.3 is 0 Å². The molecule has 1 aliphatic rings. The maximum atomic E-state index is 12.2. The van der Waals surface area contributed by atoms with Gasteiger partial charge in [0.2, 0.25) is 5.91 Å². The van der Waals surface area contributed by atoms with E-state index in [1.807, 2.05) is 35.4 Å². The molecule has 6 heteroatoms. The van der Waals surface area contributed by atoms with Crippen molar-refractivity contribution in [1.29, 1.82) is 0 Å². The summed E-state index contributed by atoms with van der Waals surface area (Å²) in [6, 6.07) is 8.02. The molecule has 2 heterocycles. The van der Waals surface area contributed by atoms with Crippen LogP contribution in [0.4, 0.5) is 0 Å². The maximum Gasteiger partial charge on any atom is 0.244 e. The van der Waals surface area contributed by atoms with Crippen molar-refractivity contribution in [1.82, 2.24) is 14.7 Å². The van der Waals surface area contributed by atoms with E-state index in [0.717, 1.165) is 15.6 Å². The number of morpholine rings is 1. The van der Waals surface area contributed by atoms with Crippen molar-refractivity contribution in [2.75, 3.05) is 26.3 Å². The summed E-state index contributed by atoms with van der Waals surface area (Å²) in [7, 11) is 0. The molecule has 3 rings (SSSR count). The topological polar surface area (TPSA) is 47.4 Å². The molecule has 1 aromatic carbocycles. The first-order valence-electron chi connectivity index (χ1n) is 6.86. The highest BCUT2D eigenvalue weighted by Crippen LogP contribution is 2.22. The molecular formula is C15H16BrN3O2. The zero-order valence-electron chi connectivity index (χ0n) is 11.5. The van der Waals surface area contributed by atoms with Crippen LogP contribution in [0.3, 0.4) is 0 Å². The van der Waals surface area contributed by atoms with E-state index in [-0.39, 0.29) is 12.5 Å². The van der Waals surface area contributed by atoms with E-state index < -0.39 is 0 Å². The molecule has 1 aromatic heterocycles. The Labute approximate surface area is 131 Å². The van der Waals surface area contributed by atoms with Crippen LogP contribution in [0, 0.1) is 0 Å². The summed E-state index contributed by atoms with van der Waals surface area (Å²) >= 11 is 3.46. The van der Waals surface area contributed by atoms with Crippen LogP contribution in [0.1, 0.15) is 0 Å². The third-order valence-corrected chi connectivity index (χ3v) is 3.95. The number of carbonyl (C=O) groups excluding carboxylic acids is 1. The van der Waals surface area contributed by atoms with Crippen molar-refractivity contribution in [2.24, 2.45) is 0 Å². The van der Waals surface area contributed by atoms with Gasteiger partial charge in [-0.25, -0.2) is 0 Å². The number of amides is 1. The first-order chi connectivity index (χ1) is 10.2. The number of carbonyl (C=O) groups is 1. The minimum absolute atomic E-state index is 0.0854. The first-order valence-corrected chi connectivity index (χ1v) is 7.65. The average molecular weight is 350 g/mol. The Morgan fingerprint density at radius 3 is 2.86 bits per heavy atom. The van der Waals surface area contributed by atoms with Crippen molar-refractivity contribution < 1.29 is 9.53 Å². The summed E-state index contributed by atoms with van der Waals surface area (Å²) < 4.78 is 7.97. The number of ether oxygens (including phenoxy) is 1. The molecule has 5 nitrogen and oxygen atoms in total. The second kappa shape index (κ2) is 6.41. The van der Waals surface area contributed by atoms with Gasteiger partial charge in [-0.15, -0.1) is 0 Å². The van der Waals surface area contributed by atoms with Gasteiger partial charge in [-0.3, -0.25) is 9.48 Å². The van der Waals surface area contributed by atoms with Crippen LogP contribution >= 0.6 is 15.9 Å². The van der Waals surface area contributed by atoms with E-state index in [4.69, 9.17) is 4.74 Å². The molecule has 2 aromatic rings. The fraction of sp³-hybridized carbons (Fsp3) is 0.333. The predicted octanol–water partition coefficient (Wildman–Crippen LogP) is 2.17. The third-order valence-electron chi connectivity index (χ3n) is 3.45. The summed E-state index contributed by atoms with van der Waals surface area (Å²) in [6.45, 7) is 2.84. The highest BCUT2D eigenvalue weighted by Gasteiger charge is 2.17. The van der Waals surface area contributed by atoms with Crippen LogP contribution < -0.4 is 0 Å². The number of nitrogens with zero attached hydrogens (tertiary/aromatic N) is 3. The summed E-state index contributed by atoms with van der Waals surface area (Å²) in [5.74, 6) is 0.0854. The Morgan fingerprint density at radius 1 is 1.29 bits per heavy atom. The number of rotatable bonds is 3. The summed E-state index contributed by atoms with van der Waals surface area (Å²) in [6.07, 6.45) is 3.69. The molecule has 0 aliphatic carbocycles. The SMILES string of the molecule is O=C(Cn1cc(-c2cccc(Br)c2)cn1)N1CCOCC1. The van der Waals surface area contributed by atoms with Crippen LogP contribution in [-0.2, 0) is 16.1 Å². The highest BCUT2D eigenvalue weighted by atomic mass is 79.9. The Kier molecular flexibility index (Phi) is 4.36. The lowest BCUT2D eigenvalue weighted by atomic mass is 10.1. The van der Waals surface area contributed by atoms with Crippen LogP contribution in [-0.4, -0.2) is 46.9 Å². The molecule has 1 saturated heterocycles. The highest BCUT2D eigenvalue weighted by molar-refractivity contribution is 9.10. The quantitative estimate of drug-likeness (QED) is 0.853. The number of halogens is 1. The minimum atomic E-state index is 0.0854. The molecule has 0 N–H and O–H groups in total. The fourth-order valence-corrected chi connectivity index (χ4v) is 2.72. The van der Waals surface area contributed by atoms with Gasteiger partial charge in [0.15, 0.2) is 0 Å². The second-order valence-electron chi connectivity index (χ2n) is 4.93. The van der Waals surface area contributed by atoms with Gasteiger partial charge in [0.05, 0.1) is 19.4 Å². The standard InChI is InChI=1S/C15H16BrN3O2/c16-14-3-1-2-12(8-14)13-9-17-19(10-13)11-15(20)18-4-6-21-7-5-18/h1-3,8-10H,4-7,11H2. The Bertz CT molecular complexity index is 635. The Morgan fingerprint density at radius 2 is 2.10 bits per heavy atom. The average Bonchev–Trinajstić information content (AvgIpc) is 2.97. The zero-order valence-corrected chi connectivity index (χ0v) is 13.1. The van der Waals surface area contributed by atoms with Crippen LogP contribution in [0.15, 0.2) is 41.1 Å². The van der Waals surface area contributed by atoms with E-state index in [2.05, 4.69) is 21.0 Å². The molecule has 0 spiro atoms. The van der Waals surface area contributed by atoms with Crippen molar-refractivity contribution in [3.05, 3.63) is 41.1 Å². The van der Waals surface area contributed by atoms with Crippen LogP contribution in [0.5, 0.6) is 0 Å². The third kappa shape index (κ3) is 3.51. The molecule has 0 radical (unpaired) electrons.